The van der Waals surface area contributed by atoms with Gasteiger partial charge in [-0.3, -0.25) is 0 Å². The maximum absolute atomic E-state index is 9.14. The lowest BCUT2D eigenvalue weighted by Crippen LogP contribution is -2.05. The molecule has 4 rings (SSSR count). The van der Waals surface area contributed by atoms with E-state index in [2.05, 4.69) is 91.9 Å². The third kappa shape index (κ3) is 4.85. The molecule has 1 nitrogen and oxygen atoms in total. The second-order valence-corrected chi connectivity index (χ2v) is 10.2. The van der Waals surface area contributed by atoms with Crippen molar-refractivity contribution in [3.8, 4) is 6.07 Å². The van der Waals surface area contributed by atoms with E-state index in [0.29, 0.717) is 5.56 Å². The van der Waals surface area contributed by atoms with E-state index in [1.807, 2.05) is 23.9 Å². The molecule has 0 aromatic heterocycles. The zero-order valence-corrected chi connectivity index (χ0v) is 18.0. The molecule has 0 bridgehead atoms. The number of benzene rings is 3. The molecule has 0 amide bonds. The van der Waals surface area contributed by atoms with Gasteiger partial charge >= 0.3 is 0 Å². The first-order chi connectivity index (χ1) is 14.2. The van der Waals surface area contributed by atoms with Gasteiger partial charge in [0, 0.05) is 4.90 Å². The molecule has 0 heterocycles. The highest BCUT2D eigenvalue weighted by molar-refractivity contribution is 8.03. The third-order valence-electron chi connectivity index (χ3n) is 4.76. The van der Waals surface area contributed by atoms with Gasteiger partial charge < -0.3 is 0 Å². The number of nitrogens with zero attached hydrogens (tertiary/aromatic N) is 1. The van der Waals surface area contributed by atoms with E-state index >= 15 is 0 Å². The van der Waals surface area contributed by atoms with Gasteiger partial charge in [-0.05, 0) is 85.3 Å². The standard InChI is InChI=1S/C26H22NS2/c1-20-7-13-24(14-8-20)29(25-15-9-21(19-27)10-16-25)26-17-11-23(12-18-26)28-22-5-3-2-4-6-22/h2-3,5,7-18H,4,6H2,1H3/q+1. The lowest BCUT2D eigenvalue weighted by atomic mass is 10.2. The van der Waals surface area contributed by atoms with Gasteiger partial charge in [-0.15, -0.1) is 0 Å². The maximum atomic E-state index is 9.14. The fraction of sp³-hybridized carbons (Fsp3) is 0.115. The van der Waals surface area contributed by atoms with Crippen LogP contribution in [0, 0.1) is 18.3 Å². The molecule has 142 valence electrons. The summed E-state index contributed by atoms with van der Waals surface area (Å²) in [4.78, 5) is 6.52. The SMILES string of the molecule is Cc1ccc([S+](c2ccc(C#N)cc2)c2ccc(SC3=CC=CCC3)cc2)cc1. The summed E-state index contributed by atoms with van der Waals surface area (Å²) in [6, 6.07) is 28.0. The number of thioether (sulfide) groups is 1. The van der Waals surface area contributed by atoms with Crippen LogP contribution < -0.4 is 0 Å². The fourth-order valence-corrected chi connectivity index (χ4v) is 6.19. The van der Waals surface area contributed by atoms with E-state index in [1.165, 1.54) is 30.1 Å². The molecule has 0 N–H and O–H groups in total. The van der Waals surface area contributed by atoms with Crippen LogP contribution in [0.25, 0.3) is 0 Å². The minimum atomic E-state index is -0.193. The van der Waals surface area contributed by atoms with Crippen molar-refractivity contribution in [3.63, 3.8) is 0 Å². The molecule has 29 heavy (non-hydrogen) atoms. The summed E-state index contributed by atoms with van der Waals surface area (Å²) in [5.41, 5.74) is 1.96. The number of allylic oxidation sites excluding steroid dienone is 4. The molecular weight excluding hydrogens is 390 g/mol. The van der Waals surface area contributed by atoms with Gasteiger partial charge in [0.1, 0.15) is 0 Å². The van der Waals surface area contributed by atoms with Gasteiger partial charge in [0.05, 0.1) is 22.5 Å². The Bertz CT molecular complexity index is 1070. The van der Waals surface area contributed by atoms with Gasteiger partial charge in [-0.2, -0.15) is 5.26 Å². The summed E-state index contributed by atoms with van der Waals surface area (Å²) in [5.74, 6) is 0. The van der Waals surface area contributed by atoms with Crippen molar-refractivity contribution in [2.45, 2.75) is 39.3 Å². The molecule has 3 aromatic carbocycles. The van der Waals surface area contributed by atoms with E-state index in [4.69, 9.17) is 5.26 Å². The highest BCUT2D eigenvalue weighted by atomic mass is 32.2. The highest BCUT2D eigenvalue weighted by Crippen LogP contribution is 2.35. The summed E-state index contributed by atoms with van der Waals surface area (Å²) in [6.07, 6.45) is 8.85. The Balaban J connectivity index is 1.66. The van der Waals surface area contributed by atoms with E-state index in [1.54, 1.807) is 0 Å². The van der Waals surface area contributed by atoms with Crippen molar-refractivity contribution in [1.82, 2.24) is 0 Å². The van der Waals surface area contributed by atoms with Crippen LogP contribution in [0.5, 0.6) is 0 Å². The zero-order valence-electron chi connectivity index (χ0n) is 16.3. The average Bonchev–Trinajstić information content (AvgIpc) is 2.78. The molecule has 0 radical (unpaired) electrons. The van der Waals surface area contributed by atoms with Crippen LogP contribution in [0.1, 0.15) is 24.0 Å². The second-order valence-electron chi connectivity index (χ2n) is 6.93. The molecule has 0 spiro atoms. The Hall–Kier alpha value is -2.67. The van der Waals surface area contributed by atoms with Gasteiger partial charge in [0.25, 0.3) is 0 Å². The Morgan fingerprint density at radius 1 is 0.828 bits per heavy atom. The molecular formula is C26H22NS2+. The summed E-state index contributed by atoms with van der Waals surface area (Å²) < 4.78 is 0. The van der Waals surface area contributed by atoms with E-state index in [9.17, 15) is 0 Å². The Morgan fingerprint density at radius 3 is 1.97 bits per heavy atom. The number of hydrogen-bond acceptors (Lipinski definition) is 2. The topological polar surface area (TPSA) is 23.8 Å². The molecule has 1 aliphatic rings. The van der Waals surface area contributed by atoms with Crippen molar-refractivity contribution >= 4 is 22.7 Å². The first-order valence-electron chi connectivity index (χ1n) is 9.68. The quantitative estimate of drug-likeness (QED) is 0.411. The van der Waals surface area contributed by atoms with Crippen LogP contribution in [-0.2, 0) is 10.9 Å². The molecule has 1 atom stereocenters. The van der Waals surface area contributed by atoms with Crippen LogP contribution in [0.4, 0.5) is 0 Å². The van der Waals surface area contributed by atoms with E-state index in [0.717, 1.165) is 12.8 Å². The van der Waals surface area contributed by atoms with E-state index in [-0.39, 0.29) is 10.9 Å². The van der Waals surface area contributed by atoms with Crippen LogP contribution in [0.3, 0.4) is 0 Å². The van der Waals surface area contributed by atoms with E-state index < -0.39 is 0 Å². The van der Waals surface area contributed by atoms with Crippen molar-refractivity contribution in [3.05, 3.63) is 107 Å². The summed E-state index contributed by atoms with van der Waals surface area (Å²) >= 11 is 1.86. The van der Waals surface area contributed by atoms with Gasteiger partial charge in [-0.25, -0.2) is 0 Å². The van der Waals surface area contributed by atoms with Crippen LogP contribution >= 0.6 is 11.8 Å². The predicted octanol–water partition coefficient (Wildman–Crippen LogP) is 7.29. The first-order valence-corrected chi connectivity index (χ1v) is 11.7. The Kier molecular flexibility index (Phi) is 6.24. The number of rotatable bonds is 5. The van der Waals surface area contributed by atoms with Crippen molar-refractivity contribution < 1.29 is 0 Å². The Labute approximate surface area is 180 Å². The number of nitriles is 1. The first kappa shape index (κ1) is 19.6. The van der Waals surface area contributed by atoms with Crippen molar-refractivity contribution in [2.75, 3.05) is 0 Å². The largest absolute Gasteiger partial charge is 0.192 e. The Morgan fingerprint density at radius 2 is 1.41 bits per heavy atom. The fourth-order valence-electron chi connectivity index (χ4n) is 3.21. The molecule has 0 saturated heterocycles. The summed E-state index contributed by atoms with van der Waals surface area (Å²) in [5, 5.41) is 9.14. The molecule has 1 aliphatic carbocycles. The zero-order chi connectivity index (χ0) is 20.1. The molecule has 3 aromatic rings. The van der Waals surface area contributed by atoms with Crippen molar-refractivity contribution in [2.24, 2.45) is 0 Å². The summed E-state index contributed by atoms with van der Waals surface area (Å²) in [6.45, 7) is 2.12. The van der Waals surface area contributed by atoms with Gasteiger partial charge in [0.15, 0.2) is 14.7 Å². The van der Waals surface area contributed by atoms with Crippen LogP contribution in [-0.4, -0.2) is 0 Å². The predicted molar refractivity (Wildman–Crippen MR) is 123 cm³/mol. The second kappa shape index (κ2) is 9.22. The van der Waals surface area contributed by atoms with Crippen LogP contribution in [0.2, 0.25) is 0 Å². The monoisotopic (exact) mass is 412 g/mol. The molecule has 0 fully saturated rings. The van der Waals surface area contributed by atoms with Crippen LogP contribution in [0.15, 0.2) is 116 Å². The highest BCUT2D eigenvalue weighted by Gasteiger charge is 2.28. The average molecular weight is 413 g/mol. The van der Waals surface area contributed by atoms with Crippen molar-refractivity contribution in [1.29, 1.82) is 5.26 Å². The smallest absolute Gasteiger partial charge is 0.166 e. The maximum Gasteiger partial charge on any atom is 0.166 e. The molecule has 1 unspecified atom stereocenters. The lowest BCUT2D eigenvalue weighted by molar-refractivity contribution is 1.02. The van der Waals surface area contributed by atoms with Gasteiger partial charge in [0.2, 0.25) is 0 Å². The molecule has 0 aliphatic heterocycles. The lowest BCUT2D eigenvalue weighted by Gasteiger charge is -2.11. The number of hydrogen-bond donors (Lipinski definition) is 0. The summed E-state index contributed by atoms with van der Waals surface area (Å²) in [7, 11) is -0.193. The third-order valence-corrected chi connectivity index (χ3v) is 8.10. The minimum Gasteiger partial charge on any atom is -0.192 e. The minimum absolute atomic E-state index is 0.193. The molecule has 0 saturated carbocycles. The normalized spacial score (nSPS) is 14.1. The number of aryl methyl sites for hydroxylation is 1. The van der Waals surface area contributed by atoms with Gasteiger partial charge in [-0.1, -0.05) is 47.7 Å². The molecule has 3 heteroatoms.